The van der Waals surface area contributed by atoms with Gasteiger partial charge in [-0.25, -0.2) is 4.98 Å². The minimum Gasteiger partial charge on any atom is -0.487 e. The van der Waals surface area contributed by atoms with Crippen LogP contribution in [0.15, 0.2) is 47.6 Å². The molecule has 2 N–H and O–H groups in total. The number of para-hydroxylation sites is 1. The number of fused-ring (bicyclic) bond motifs is 1. The van der Waals surface area contributed by atoms with Crippen LogP contribution < -0.4 is 15.4 Å². The van der Waals surface area contributed by atoms with Gasteiger partial charge in [0.05, 0.1) is 6.04 Å². The monoisotopic (exact) mass is 386 g/mol. The molecule has 0 aliphatic carbocycles. The summed E-state index contributed by atoms with van der Waals surface area (Å²) in [6.07, 6.45) is 3.49. The van der Waals surface area contributed by atoms with Crippen molar-refractivity contribution in [3.63, 3.8) is 0 Å². The number of guanidine groups is 1. The van der Waals surface area contributed by atoms with E-state index in [-0.39, 0.29) is 11.6 Å². The lowest BCUT2D eigenvalue weighted by Crippen LogP contribution is -2.45. The molecule has 1 aromatic heterocycles. The number of rotatable bonds is 5. The van der Waals surface area contributed by atoms with E-state index in [0.717, 1.165) is 36.7 Å². The van der Waals surface area contributed by atoms with E-state index < -0.39 is 0 Å². The number of aromatic nitrogens is 1. The molecular weight excluding hydrogens is 360 g/mol. The molecule has 0 saturated carbocycles. The van der Waals surface area contributed by atoms with Gasteiger partial charge in [0.1, 0.15) is 16.5 Å². The molecular formula is C21H27ClN4O. The SMILES string of the molecule is CCNC(=NCCc1ccc(Cl)nc1)NC1CC(C)(C)Oc2ccccc21. The van der Waals surface area contributed by atoms with E-state index >= 15 is 0 Å². The van der Waals surface area contributed by atoms with Crippen molar-refractivity contribution in [2.24, 2.45) is 4.99 Å². The fourth-order valence-electron chi connectivity index (χ4n) is 3.27. The normalized spacial score (nSPS) is 18.4. The van der Waals surface area contributed by atoms with Crippen LogP contribution in [0.3, 0.4) is 0 Å². The van der Waals surface area contributed by atoms with Crippen LogP contribution in [-0.4, -0.2) is 29.6 Å². The molecule has 0 radical (unpaired) electrons. The van der Waals surface area contributed by atoms with Gasteiger partial charge in [-0.05, 0) is 44.9 Å². The Morgan fingerprint density at radius 1 is 1.30 bits per heavy atom. The van der Waals surface area contributed by atoms with Gasteiger partial charge < -0.3 is 15.4 Å². The van der Waals surface area contributed by atoms with Crippen LogP contribution >= 0.6 is 11.6 Å². The fourth-order valence-corrected chi connectivity index (χ4v) is 3.38. The Morgan fingerprint density at radius 3 is 2.85 bits per heavy atom. The van der Waals surface area contributed by atoms with Crippen molar-refractivity contribution in [2.45, 2.75) is 45.3 Å². The largest absolute Gasteiger partial charge is 0.487 e. The number of hydrogen-bond acceptors (Lipinski definition) is 3. The first-order valence-electron chi connectivity index (χ1n) is 9.40. The predicted molar refractivity (Wildman–Crippen MR) is 111 cm³/mol. The number of halogens is 1. The average molecular weight is 387 g/mol. The lowest BCUT2D eigenvalue weighted by atomic mass is 9.90. The van der Waals surface area contributed by atoms with E-state index in [1.807, 2.05) is 30.3 Å². The zero-order valence-corrected chi connectivity index (χ0v) is 16.9. The standard InChI is InChI=1S/C21H27ClN4O/c1-4-23-20(24-12-11-15-9-10-19(22)25-14-15)26-17-13-21(2,3)27-18-8-6-5-7-16(17)18/h5-10,14,17H,4,11-13H2,1-3H3,(H2,23,24,26). The minimum atomic E-state index is -0.224. The second kappa shape index (κ2) is 8.61. The highest BCUT2D eigenvalue weighted by molar-refractivity contribution is 6.29. The number of pyridine rings is 1. The summed E-state index contributed by atoms with van der Waals surface area (Å²) in [4.78, 5) is 8.86. The third-order valence-corrected chi connectivity index (χ3v) is 4.71. The van der Waals surface area contributed by atoms with Gasteiger partial charge in [-0.15, -0.1) is 0 Å². The second-order valence-electron chi connectivity index (χ2n) is 7.30. The molecule has 0 fully saturated rings. The van der Waals surface area contributed by atoms with Crippen molar-refractivity contribution < 1.29 is 4.74 Å². The summed E-state index contributed by atoms with van der Waals surface area (Å²) in [6, 6.07) is 12.2. The number of hydrogen-bond donors (Lipinski definition) is 2. The van der Waals surface area contributed by atoms with Crippen molar-refractivity contribution in [3.05, 3.63) is 58.9 Å². The molecule has 0 spiro atoms. The molecule has 1 aliphatic rings. The van der Waals surface area contributed by atoms with Gasteiger partial charge in [-0.2, -0.15) is 0 Å². The first-order chi connectivity index (χ1) is 13.0. The molecule has 3 rings (SSSR count). The summed E-state index contributed by atoms with van der Waals surface area (Å²) in [5.74, 6) is 1.76. The van der Waals surface area contributed by atoms with Crippen molar-refractivity contribution >= 4 is 17.6 Å². The van der Waals surface area contributed by atoms with Crippen LogP contribution in [0, 0.1) is 0 Å². The molecule has 2 heterocycles. The molecule has 1 aliphatic heterocycles. The van der Waals surface area contributed by atoms with Crippen LogP contribution in [0.5, 0.6) is 5.75 Å². The third kappa shape index (κ3) is 5.36. The van der Waals surface area contributed by atoms with Crippen molar-refractivity contribution in [2.75, 3.05) is 13.1 Å². The van der Waals surface area contributed by atoms with Crippen molar-refractivity contribution in [3.8, 4) is 5.75 Å². The second-order valence-corrected chi connectivity index (χ2v) is 7.69. The molecule has 5 nitrogen and oxygen atoms in total. The Balaban J connectivity index is 1.70. The van der Waals surface area contributed by atoms with Gasteiger partial charge in [0.25, 0.3) is 0 Å². The number of ether oxygens (including phenoxy) is 1. The highest BCUT2D eigenvalue weighted by atomic mass is 35.5. The van der Waals surface area contributed by atoms with Crippen LogP contribution in [-0.2, 0) is 6.42 Å². The summed E-state index contributed by atoms with van der Waals surface area (Å²) in [5.41, 5.74) is 2.07. The summed E-state index contributed by atoms with van der Waals surface area (Å²) in [6.45, 7) is 7.79. The zero-order valence-electron chi connectivity index (χ0n) is 16.1. The van der Waals surface area contributed by atoms with Crippen molar-refractivity contribution in [1.82, 2.24) is 15.6 Å². The van der Waals surface area contributed by atoms with Crippen molar-refractivity contribution in [1.29, 1.82) is 0 Å². The maximum Gasteiger partial charge on any atom is 0.191 e. The molecule has 1 atom stereocenters. The maximum atomic E-state index is 6.12. The highest BCUT2D eigenvalue weighted by Gasteiger charge is 2.33. The van der Waals surface area contributed by atoms with Crippen LogP contribution in [0.25, 0.3) is 0 Å². The molecule has 2 aromatic rings. The van der Waals surface area contributed by atoms with Gasteiger partial charge in [-0.3, -0.25) is 4.99 Å². The third-order valence-electron chi connectivity index (χ3n) is 4.49. The van der Waals surface area contributed by atoms with Gasteiger partial charge in [0.2, 0.25) is 0 Å². The Bertz CT molecular complexity index is 789. The molecule has 144 valence electrons. The lowest BCUT2D eigenvalue weighted by molar-refractivity contribution is 0.0694. The summed E-state index contributed by atoms with van der Waals surface area (Å²) < 4.78 is 6.12. The Kier molecular flexibility index (Phi) is 6.22. The number of aliphatic imine (C=N–C) groups is 1. The summed E-state index contributed by atoms with van der Waals surface area (Å²) >= 11 is 5.84. The van der Waals surface area contributed by atoms with E-state index in [1.165, 1.54) is 5.56 Å². The molecule has 0 amide bonds. The minimum absolute atomic E-state index is 0.153. The smallest absolute Gasteiger partial charge is 0.191 e. The highest BCUT2D eigenvalue weighted by Crippen LogP contribution is 2.39. The number of nitrogens with one attached hydrogen (secondary N) is 2. The van der Waals surface area contributed by atoms with Gasteiger partial charge >= 0.3 is 0 Å². The first-order valence-corrected chi connectivity index (χ1v) is 9.78. The predicted octanol–water partition coefficient (Wildman–Crippen LogP) is 4.14. The van der Waals surface area contributed by atoms with E-state index in [2.05, 4.69) is 42.5 Å². The summed E-state index contributed by atoms with van der Waals surface area (Å²) in [7, 11) is 0. The molecule has 6 heteroatoms. The average Bonchev–Trinajstić information content (AvgIpc) is 2.62. The Hall–Kier alpha value is -2.27. The van der Waals surface area contributed by atoms with E-state index in [9.17, 15) is 0 Å². The quantitative estimate of drug-likeness (QED) is 0.460. The lowest BCUT2D eigenvalue weighted by Gasteiger charge is -2.38. The molecule has 1 aromatic carbocycles. The number of benzene rings is 1. The summed E-state index contributed by atoms with van der Waals surface area (Å²) in [5, 5.41) is 7.44. The molecule has 27 heavy (non-hydrogen) atoms. The fraction of sp³-hybridized carbons (Fsp3) is 0.429. The van der Waals surface area contributed by atoms with Gasteiger partial charge in [0.15, 0.2) is 5.96 Å². The van der Waals surface area contributed by atoms with E-state index in [0.29, 0.717) is 11.7 Å². The van der Waals surface area contributed by atoms with E-state index in [4.69, 9.17) is 21.3 Å². The molecule has 0 bridgehead atoms. The number of nitrogens with zero attached hydrogens (tertiary/aromatic N) is 2. The zero-order chi connectivity index (χ0) is 19.3. The van der Waals surface area contributed by atoms with E-state index in [1.54, 1.807) is 6.20 Å². The Labute approximate surface area is 166 Å². The maximum absolute atomic E-state index is 6.12. The Morgan fingerprint density at radius 2 is 2.11 bits per heavy atom. The van der Waals surface area contributed by atoms with Gasteiger partial charge in [0, 0.05) is 31.3 Å². The first kappa shape index (κ1) is 19.5. The van der Waals surface area contributed by atoms with Crippen LogP contribution in [0.2, 0.25) is 5.15 Å². The van der Waals surface area contributed by atoms with Crippen LogP contribution in [0.1, 0.15) is 44.4 Å². The van der Waals surface area contributed by atoms with Crippen LogP contribution in [0.4, 0.5) is 0 Å². The van der Waals surface area contributed by atoms with Gasteiger partial charge in [-0.1, -0.05) is 35.9 Å². The topological polar surface area (TPSA) is 58.5 Å². The molecule has 0 saturated heterocycles. The molecule has 1 unspecified atom stereocenters.